The molecule has 2 heterocycles. The van der Waals surface area contributed by atoms with E-state index in [1.165, 1.54) is 0 Å². The van der Waals surface area contributed by atoms with Gasteiger partial charge in [0, 0.05) is 30.5 Å². The Hall–Kier alpha value is -2.08. The fraction of sp³-hybridized carbons (Fsp3) is 0.0909. The van der Waals surface area contributed by atoms with Crippen LogP contribution in [0.25, 0.3) is 0 Å². The summed E-state index contributed by atoms with van der Waals surface area (Å²) < 4.78 is 0. The minimum Gasteiger partial charge on any atom is -0.324 e. The maximum Gasteiger partial charge on any atom is 0.0858 e. The number of nitriles is 1. The fourth-order valence-electron chi connectivity index (χ4n) is 1.26. The molecular formula is C11H9N3. The Balaban J connectivity index is 2.18. The van der Waals surface area contributed by atoms with Crippen LogP contribution in [0.1, 0.15) is 0 Å². The Morgan fingerprint density at radius 3 is 2.43 bits per heavy atom. The van der Waals surface area contributed by atoms with E-state index in [2.05, 4.69) is 11.1 Å². The van der Waals surface area contributed by atoms with E-state index >= 15 is 0 Å². The lowest BCUT2D eigenvalue weighted by atomic mass is 10.1. The molecule has 0 amide bonds. The Morgan fingerprint density at radius 1 is 1.21 bits per heavy atom. The van der Waals surface area contributed by atoms with E-state index in [1.54, 1.807) is 12.4 Å². The van der Waals surface area contributed by atoms with Crippen molar-refractivity contribution in [1.82, 2.24) is 4.98 Å². The van der Waals surface area contributed by atoms with E-state index in [1.807, 2.05) is 41.6 Å². The van der Waals surface area contributed by atoms with Gasteiger partial charge >= 0.3 is 0 Å². The van der Waals surface area contributed by atoms with Crippen molar-refractivity contribution in [3.05, 3.63) is 49.1 Å². The van der Waals surface area contributed by atoms with Crippen LogP contribution in [0.2, 0.25) is 0 Å². The molecule has 0 unspecified atom stereocenters. The third-order valence-corrected chi connectivity index (χ3v) is 2.02. The molecule has 0 saturated carbocycles. The number of nitrogens with zero attached hydrogens (tertiary/aromatic N) is 3. The highest BCUT2D eigenvalue weighted by molar-refractivity contribution is 5.52. The third kappa shape index (κ3) is 1.64. The normalized spacial score (nSPS) is 15.5. The lowest BCUT2D eigenvalue weighted by Gasteiger charge is -2.18. The van der Waals surface area contributed by atoms with Crippen LogP contribution in [-0.2, 0) is 0 Å². The molecule has 3 heteroatoms. The van der Waals surface area contributed by atoms with E-state index < -0.39 is 0 Å². The van der Waals surface area contributed by atoms with Crippen LogP contribution in [0.4, 0.5) is 5.69 Å². The average molecular weight is 183 g/mol. The zero-order valence-electron chi connectivity index (χ0n) is 7.54. The lowest BCUT2D eigenvalue weighted by molar-refractivity contribution is 1.02. The minimum absolute atomic E-state index is 0.104. The summed E-state index contributed by atoms with van der Waals surface area (Å²) in [5.41, 5.74) is 1.05. The third-order valence-electron chi connectivity index (χ3n) is 2.02. The van der Waals surface area contributed by atoms with Gasteiger partial charge < -0.3 is 4.90 Å². The van der Waals surface area contributed by atoms with Crippen LogP contribution in [0.15, 0.2) is 49.1 Å². The smallest absolute Gasteiger partial charge is 0.0858 e. The van der Waals surface area contributed by atoms with E-state index in [4.69, 9.17) is 5.26 Å². The first kappa shape index (κ1) is 8.52. The summed E-state index contributed by atoms with van der Waals surface area (Å²) in [4.78, 5) is 5.90. The molecule has 0 saturated heterocycles. The molecule has 0 N–H and O–H groups in total. The summed E-state index contributed by atoms with van der Waals surface area (Å²) in [5, 5.41) is 8.67. The zero-order chi connectivity index (χ0) is 9.80. The van der Waals surface area contributed by atoms with Crippen molar-refractivity contribution >= 4 is 5.69 Å². The van der Waals surface area contributed by atoms with Gasteiger partial charge in [0.15, 0.2) is 0 Å². The first-order valence-corrected chi connectivity index (χ1v) is 4.35. The molecule has 2 rings (SSSR count). The standard InChI is InChI=1S/C11H9N3/c12-9-10-3-7-14(8-4-10)11-1-5-13-6-2-11/h1-8,10H. The van der Waals surface area contributed by atoms with Crippen molar-refractivity contribution in [2.75, 3.05) is 4.90 Å². The average Bonchev–Trinajstić information content (AvgIpc) is 2.30. The van der Waals surface area contributed by atoms with Crippen LogP contribution in [0.3, 0.4) is 0 Å². The summed E-state index contributed by atoms with van der Waals surface area (Å²) >= 11 is 0. The molecule has 1 aromatic heterocycles. The maximum absolute atomic E-state index is 8.67. The van der Waals surface area contributed by atoms with Crippen LogP contribution >= 0.6 is 0 Å². The number of hydrogen-bond donors (Lipinski definition) is 0. The molecule has 0 fully saturated rings. The molecule has 14 heavy (non-hydrogen) atoms. The predicted molar refractivity (Wildman–Crippen MR) is 54.1 cm³/mol. The summed E-state index contributed by atoms with van der Waals surface area (Å²) in [6, 6.07) is 6.00. The van der Waals surface area contributed by atoms with Crippen LogP contribution in [0, 0.1) is 17.2 Å². The van der Waals surface area contributed by atoms with Crippen LogP contribution in [0.5, 0.6) is 0 Å². The quantitative estimate of drug-likeness (QED) is 0.669. The van der Waals surface area contributed by atoms with Crippen molar-refractivity contribution in [3.63, 3.8) is 0 Å². The van der Waals surface area contributed by atoms with Gasteiger partial charge in [-0.2, -0.15) is 5.26 Å². The van der Waals surface area contributed by atoms with Crippen molar-refractivity contribution < 1.29 is 0 Å². The largest absolute Gasteiger partial charge is 0.324 e. The van der Waals surface area contributed by atoms with Gasteiger partial charge in [-0.25, -0.2) is 0 Å². The Bertz CT molecular complexity index is 386. The Kier molecular flexibility index (Phi) is 2.28. The number of aromatic nitrogens is 1. The topological polar surface area (TPSA) is 39.9 Å². The van der Waals surface area contributed by atoms with Gasteiger partial charge in [-0.15, -0.1) is 0 Å². The van der Waals surface area contributed by atoms with Gasteiger partial charge in [-0.05, 0) is 24.3 Å². The molecule has 1 aliphatic rings. The molecule has 0 bridgehead atoms. The molecule has 3 nitrogen and oxygen atoms in total. The van der Waals surface area contributed by atoms with Crippen molar-refractivity contribution in [2.24, 2.45) is 5.92 Å². The highest BCUT2D eigenvalue weighted by Crippen LogP contribution is 2.17. The van der Waals surface area contributed by atoms with E-state index in [-0.39, 0.29) is 5.92 Å². The predicted octanol–water partition coefficient (Wildman–Crippen LogP) is 2.07. The molecule has 0 radical (unpaired) electrons. The van der Waals surface area contributed by atoms with Crippen LogP contribution < -0.4 is 4.90 Å². The second kappa shape index (κ2) is 3.75. The molecule has 1 aromatic rings. The summed E-state index contributed by atoms with van der Waals surface area (Å²) in [7, 11) is 0. The van der Waals surface area contributed by atoms with Gasteiger partial charge in [0.25, 0.3) is 0 Å². The molecular weight excluding hydrogens is 174 g/mol. The first-order valence-electron chi connectivity index (χ1n) is 4.35. The zero-order valence-corrected chi connectivity index (χ0v) is 7.54. The highest BCUT2D eigenvalue weighted by atomic mass is 15.1. The summed E-state index contributed by atoms with van der Waals surface area (Å²) in [6.45, 7) is 0. The molecule has 0 aromatic carbocycles. The SMILES string of the molecule is N#CC1C=CN(c2ccncc2)C=C1. The van der Waals surface area contributed by atoms with E-state index in [0.717, 1.165) is 5.69 Å². The van der Waals surface area contributed by atoms with Crippen LogP contribution in [-0.4, -0.2) is 4.98 Å². The second-order valence-corrected chi connectivity index (χ2v) is 2.95. The molecule has 68 valence electrons. The summed E-state index contributed by atoms with van der Waals surface area (Å²) in [6.07, 6.45) is 11.0. The summed E-state index contributed by atoms with van der Waals surface area (Å²) in [5.74, 6) is -0.104. The molecule has 0 spiro atoms. The number of rotatable bonds is 1. The highest BCUT2D eigenvalue weighted by Gasteiger charge is 2.06. The van der Waals surface area contributed by atoms with Crippen molar-refractivity contribution in [3.8, 4) is 6.07 Å². The molecule has 1 aliphatic heterocycles. The number of pyridine rings is 1. The number of hydrogen-bond acceptors (Lipinski definition) is 3. The molecule has 0 atom stereocenters. The lowest BCUT2D eigenvalue weighted by Crippen LogP contribution is -2.11. The minimum atomic E-state index is -0.104. The molecule has 0 aliphatic carbocycles. The van der Waals surface area contributed by atoms with Gasteiger partial charge in [-0.3, -0.25) is 4.98 Å². The fourth-order valence-corrected chi connectivity index (χ4v) is 1.26. The monoisotopic (exact) mass is 183 g/mol. The first-order chi connectivity index (χ1) is 6.90. The van der Waals surface area contributed by atoms with Crippen molar-refractivity contribution in [1.29, 1.82) is 5.26 Å². The van der Waals surface area contributed by atoms with Crippen molar-refractivity contribution in [2.45, 2.75) is 0 Å². The van der Waals surface area contributed by atoms with Gasteiger partial charge in [0.2, 0.25) is 0 Å². The Morgan fingerprint density at radius 2 is 1.86 bits per heavy atom. The second-order valence-electron chi connectivity index (χ2n) is 2.95. The van der Waals surface area contributed by atoms with Gasteiger partial charge in [0.05, 0.1) is 12.0 Å². The van der Waals surface area contributed by atoms with Gasteiger partial charge in [-0.1, -0.05) is 0 Å². The van der Waals surface area contributed by atoms with Gasteiger partial charge in [0.1, 0.15) is 0 Å². The number of allylic oxidation sites excluding steroid dienone is 2. The maximum atomic E-state index is 8.67. The Labute approximate surface area is 82.6 Å². The van der Waals surface area contributed by atoms with E-state index in [0.29, 0.717) is 0 Å². The van der Waals surface area contributed by atoms with E-state index in [9.17, 15) is 0 Å². The number of anilines is 1.